The molecule has 4 heteroatoms. The molecule has 0 bridgehead atoms. The summed E-state index contributed by atoms with van der Waals surface area (Å²) >= 11 is 3.22. The topological polar surface area (TPSA) is 50.1 Å². The third-order valence-electron chi connectivity index (χ3n) is 1.82. The van der Waals surface area contributed by atoms with Gasteiger partial charge in [-0.1, -0.05) is 0 Å². The summed E-state index contributed by atoms with van der Waals surface area (Å²) in [5.74, 6) is 0.413. The molecule has 1 aromatic rings. The van der Waals surface area contributed by atoms with Gasteiger partial charge in [-0.15, -0.1) is 0 Å². The van der Waals surface area contributed by atoms with Gasteiger partial charge < -0.3 is 4.74 Å². The zero-order valence-corrected chi connectivity index (χ0v) is 9.38. The van der Waals surface area contributed by atoms with Crippen LogP contribution in [0.15, 0.2) is 16.6 Å². The number of rotatable bonds is 2. The Labute approximate surface area is 90.4 Å². The molecule has 0 saturated carbocycles. The molecule has 0 fully saturated rings. The average molecular weight is 254 g/mol. The zero-order valence-electron chi connectivity index (χ0n) is 7.80. The molecule has 3 nitrogen and oxygen atoms in total. The molecule has 0 aliphatic rings. The van der Waals surface area contributed by atoms with E-state index in [4.69, 9.17) is 10.00 Å². The Morgan fingerprint density at radius 3 is 2.64 bits per heavy atom. The lowest BCUT2D eigenvalue weighted by atomic mass is 10.1. The van der Waals surface area contributed by atoms with Crippen LogP contribution < -0.4 is 4.74 Å². The number of hydrogen-bond acceptors (Lipinski definition) is 3. The van der Waals surface area contributed by atoms with Crippen LogP contribution in [0.1, 0.15) is 22.8 Å². The summed E-state index contributed by atoms with van der Waals surface area (Å²) < 4.78 is 5.54. The fraction of sp³-hybridized carbons (Fsp3) is 0.200. The van der Waals surface area contributed by atoms with E-state index in [2.05, 4.69) is 15.9 Å². The Balaban J connectivity index is 3.45. The number of hydrogen-bond donors (Lipinski definition) is 0. The molecule has 0 atom stereocenters. The van der Waals surface area contributed by atoms with Crippen molar-refractivity contribution >= 4 is 21.7 Å². The first-order chi connectivity index (χ1) is 6.61. The van der Waals surface area contributed by atoms with Gasteiger partial charge in [-0.25, -0.2) is 0 Å². The molecule has 0 N–H and O–H groups in total. The van der Waals surface area contributed by atoms with Crippen LogP contribution in [0, 0.1) is 11.3 Å². The Morgan fingerprint density at radius 1 is 1.57 bits per heavy atom. The van der Waals surface area contributed by atoms with Crippen LogP contribution in [0.25, 0.3) is 0 Å². The van der Waals surface area contributed by atoms with Crippen molar-refractivity contribution in [2.45, 2.75) is 6.92 Å². The van der Waals surface area contributed by atoms with Crippen LogP contribution in [-0.2, 0) is 0 Å². The molecule has 0 aliphatic carbocycles. The van der Waals surface area contributed by atoms with E-state index in [0.29, 0.717) is 21.3 Å². The maximum absolute atomic E-state index is 11.2. The highest BCUT2D eigenvalue weighted by Crippen LogP contribution is 2.30. The highest BCUT2D eigenvalue weighted by molar-refractivity contribution is 9.10. The molecule has 0 unspecified atom stereocenters. The number of Topliss-reactive ketones (excluding diaryl/α,β-unsaturated/α-hetero) is 1. The van der Waals surface area contributed by atoms with Crippen LogP contribution >= 0.6 is 15.9 Å². The fourth-order valence-electron chi connectivity index (χ4n) is 1.12. The predicted octanol–water partition coefficient (Wildman–Crippen LogP) is 2.53. The van der Waals surface area contributed by atoms with Crippen LogP contribution in [0.3, 0.4) is 0 Å². The molecule has 1 aromatic carbocycles. The summed E-state index contributed by atoms with van der Waals surface area (Å²) in [4.78, 5) is 11.2. The number of halogens is 1. The van der Waals surface area contributed by atoms with Gasteiger partial charge in [0.25, 0.3) is 0 Å². The van der Waals surface area contributed by atoms with Gasteiger partial charge >= 0.3 is 0 Å². The number of ketones is 1. The number of nitrogens with zero attached hydrogens (tertiary/aromatic N) is 1. The molecule has 1 rings (SSSR count). The lowest BCUT2D eigenvalue weighted by Gasteiger charge is -2.06. The minimum Gasteiger partial charge on any atom is -0.496 e. The molecule has 14 heavy (non-hydrogen) atoms. The summed E-state index contributed by atoms with van der Waals surface area (Å²) in [7, 11) is 1.51. The molecule has 0 aliphatic heterocycles. The maximum atomic E-state index is 11.2. The van der Waals surface area contributed by atoms with Crippen molar-refractivity contribution in [2.24, 2.45) is 0 Å². The summed E-state index contributed by atoms with van der Waals surface area (Å²) in [5, 5.41) is 8.88. The Hall–Kier alpha value is -1.34. The number of carbonyl (C=O) groups is 1. The third-order valence-corrected chi connectivity index (χ3v) is 2.60. The van der Waals surface area contributed by atoms with Crippen molar-refractivity contribution in [3.63, 3.8) is 0 Å². The molecular formula is C10H8BrNO2. The minimum absolute atomic E-state index is 0.134. The first kappa shape index (κ1) is 10.7. The van der Waals surface area contributed by atoms with Gasteiger partial charge in [0.05, 0.1) is 17.1 Å². The van der Waals surface area contributed by atoms with Gasteiger partial charge in [-0.3, -0.25) is 4.79 Å². The van der Waals surface area contributed by atoms with Gasteiger partial charge in [0.15, 0.2) is 5.78 Å². The molecule has 0 radical (unpaired) electrons. The SMILES string of the molecule is COc1ccc(C(C)=O)c(C#N)c1Br. The fourth-order valence-corrected chi connectivity index (χ4v) is 1.71. The summed E-state index contributed by atoms with van der Waals surface area (Å²) in [5.41, 5.74) is 0.719. The highest BCUT2D eigenvalue weighted by atomic mass is 79.9. The van der Waals surface area contributed by atoms with Crippen molar-refractivity contribution in [2.75, 3.05) is 7.11 Å². The maximum Gasteiger partial charge on any atom is 0.161 e. The number of carbonyl (C=O) groups excluding carboxylic acids is 1. The van der Waals surface area contributed by atoms with Gasteiger partial charge in [0, 0.05) is 5.56 Å². The van der Waals surface area contributed by atoms with E-state index in [1.807, 2.05) is 6.07 Å². The second-order valence-electron chi connectivity index (χ2n) is 2.67. The number of nitriles is 1. The van der Waals surface area contributed by atoms with Crippen LogP contribution in [0.4, 0.5) is 0 Å². The molecule has 0 spiro atoms. The molecule has 0 amide bonds. The van der Waals surface area contributed by atoms with E-state index in [9.17, 15) is 4.79 Å². The van der Waals surface area contributed by atoms with Gasteiger partial charge in [-0.05, 0) is 35.0 Å². The largest absolute Gasteiger partial charge is 0.496 e. The van der Waals surface area contributed by atoms with Gasteiger partial charge in [0.1, 0.15) is 11.8 Å². The van der Waals surface area contributed by atoms with E-state index in [0.717, 1.165) is 0 Å². The van der Waals surface area contributed by atoms with Crippen molar-refractivity contribution in [3.8, 4) is 11.8 Å². The second-order valence-corrected chi connectivity index (χ2v) is 3.47. The normalized spacial score (nSPS) is 9.29. The van der Waals surface area contributed by atoms with Gasteiger partial charge in [-0.2, -0.15) is 5.26 Å². The Kier molecular flexibility index (Phi) is 3.26. The van der Waals surface area contributed by atoms with E-state index >= 15 is 0 Å². The Morgan fingerprint density at radius 2 is 2.21 bits per heavy atom. The molecule has 0 aromatic heterocycles. The van der Waals surface area contributed by atoms with Crippen molar-refractivity contribution in [3.05, 3.63) is 27.7 Å². The van der Waals surface area contributed by atoms with E-state index in [1.54, 1.807) is 12.1 Å². The van der Waals surface area contributed by atoms with Crippen molar-refractivity contribution < 1.29 is 9.53 Å². The third kappa shape index (κ3) is 1.78. The lowest BCUT2D eigenvalue weighted by Crippen LogP contribution is -1.99. The second kappa shape index (κ2) is 4.25. The molecular weight excluding hydrogens is 246 g/mol. The molecule has 72 valence electrons. The van der Waals surface area contributed by atoms with Crippen LogP contribution in [0.5, 0.6) is 5.75 Å². The zero-order chi connectivity index (χ0) is 10.7. The minimum atomic E-state index is -0.134. The molecule has 0 heterocycles. The van der Waals surface area contributed by atoms with Crippen LogP contribution in [0.2, 0.25) is 0 Å². The lowest BCUT2D eigenvalue weighted by molar-refractivity contribution is 0.101. The smallest absolute Gasteiger partial charge is 0.161 e. The Bertz CT molecular complexity index is 421. The summed E-state index contributed by atoms with van der Waals surface area (Å²) in [6.07, 6.45) is 0. The number of benzene rings is 1. The average Bonchev–Trinajstić information content (AvgIpc) is 2.17. The standard InChI is InChI=1S/C10H8BrNO2/c1-6(13)7-3-4-9(14-2)10(11)8(7)5-12/h3-4H,1-2H3. The van der Waals surface area contributed by atoms with Gasteiger partial charge in [0.2, 0.25) is 0 Å². The first-order valence-corrected chi connectivity index (χ1v) is 4.68. The van der Waals surface area contributed by atoms with Crippen molar-refractivity contribution in [1.82, 2.24) is 0 Å². The summed E-state index contributed by atoms with van der Waals surface area (Å²) in [6.45, 7) is 1.43. The monoisotopic (exact) mass is 253 g/mol. The first-order valence-electron chi connectivity index (χ1n) is 3.89. The number of methoxy groups -OCH3 is 1. The highest BCUT2D eigenvalue weighted by Gasteiger charge is 2.13. The van der Waals surface area contributed by atoms with E-state index in [-0.39, 0.29) is 5.78 Å². The number of ether oxygens (including phenoxy) is 1. The van der Waals surface area contributed by atoms with E-state index in [1.165, 1.54) is 14.0 Å². The van der Waals surface area contributed by atoms with E-state index < -0.39 is 0 Å². The summed E-state index contributed by atoms with van der Waals surface area (Å²) in [6, 6.07) is 5.21. The van der Waals surface area contributed by atoms with Crippen LogP contribution in [-0.4, -0.2) is 12.9 Å². The molecule has 0 saturated heterocycles. The quantitative estimate of drug-likeness (QED) is 0.762. The predicted molar refractivity (Wildman–Crippen MR) is 55.4 cm³/mol. The van der Waals surface area contributed by atoms with Crippen molar-refractivity contribution in [1.29, 1.82) is 5.26 Å².